The van der Waals surface area contributed by atoms with Gasteiger partial charge in [0.2, 0.25) is 0 Å². The Morgan fingerprint density at radius 3 is 2.48 bits per heavy atom. The molecule has 0 atom stereocenters. The highest BCUT2D eigenvalue weighted by Gasteiger charge is 2.11. The second-order valence-electron chi connectivity index (χ2n) is 6.76. The van der Waals surface area contributed by atoms with Crippen LogP contribution in [0.3, 0.4) is 0 Å². The Morgan fingerprint density at radius 2 is 1.71 bits per heavy atom. The molecule has 0 aliphatic carbocycles. The van der Waals surface area contributed by atoms with Crippen LogP contribution in [0.2, 0.25) is 0 Å². The number of rotatable bonds is 6. The Hall–Kier alpha value is -3.03. The lowest BCUT2D eigenvalue weighted by molar-refractivity contribution is -0.384. The van der Waals surface area contributed by atoms with Gasteiger partial charge in [-0.1, -0.05) is 58.4 Å². The molecule has 0 aliphatic rings. The zero-order valence-electron chi connectivity index (χ0n) is 16.2. The normalized spacial score (nSPS) is 11.2. The first-order valence-electron chi connectivity index (χ1n) is 9.38. The third-order valence-electron chi connectivity index (χ3n) is 4.70. The molecule has 0 fully saturated rings. The molecule has 0 amide bonds. The smallest absolute Gasteiger partial charge is 0.269 e. The highest BCUT2D eigenvalue weighted by Crippen LogP contribution is 2.33. The molecular weight excluding hydrogens is 524 g/mol. The standard InChI is InChI=1S/C24H16Br2N2O3/c25-19-12-18(14-27-20-8-10-21(11-9-20)28(29)30)24(23(26)13-19)31-15-17-6-3-5-16-4-1-2-7-22(16)17/h1-14H,15H2. The summed E-state index contributed by atoms with van der Waals surface area (Å²) in [5.74, 6) is 0.668. The molecule has 4 aromatic rings. The second kappa shape index (κ2) is 9.41. The fourth-order valence-corrected chi connectivity index (χ4v) is 4.57. The maximum Gasteiger partial charge on any atom is 0.269 e. The van der Waals surface area contributed by atoms with E-state index >= 15 is 0 Å². The zero-order valence-corrected chi connectivity index (χ0v) is 19.3. The van der Waals surface area contributed by atoms with E-state index < -0.39 is 4.92 Å². The molecule has 7 heteroatoms. The number of ether oxygens (including phenoxy) is 1. The zero-order chi connectivity index (χ0) is 21.8. The monoisotopic (exact) mass is 538 g/mol. The minimum atomic E-state index is -0.432. The summed E-state index contributed by atoms with van der Waals surface area (Å²) in [6, 6.07) is 24.3. The van der Waals surface area contributed by atoms with Crippen molar-refractivity contribution in [1.82, 2.24) is 0 Å². The molecule has 0 bridgehead atoms. The number of non-ortho nitro benzene ring substituents is 1. The number of hydrogen-bond acceptors (Lipinski definition) is 4. The minimum Gasteiger partial charge on any atom is -0.487 e. The van der Waals surface area contributed by atoms with Crippen molar-refractivity contribution in [2.45, 2.75) is 6.61 Å². The summed E-state index contributed by atoms with van der Waals surface area (Å²) < 4.78 is 7.88. The van der Waals surface area contributed by atoms with Crippen LogP contribution in [0.15, 0.2) is 92.8 Å². The molecule has 4 rings (SSSR count). The lowest BCUT2D eigenvalue weighted by Gasteiger charge is -2.13. The quantitative estimate of drug-likeness (QED) is 0.144. The molecule has 4 aromatic carbocycles. The summed E-state index contributed by atoms with van der Waals surface area (Å²) in [6.45, 7) is 0.403. The van der Waals surface area contributed by atoms with Gasteiger partial charge in [0.05, 0.1) is 15.1 Å². The van der Waals surface area contributed by atoms with E-state index in [9.17, 15) is 10.1 Å². The molecule has 0 heterocycles. The van der Waals surface area contributed by atoms with Crippen molar-refractivity contribution >= 4 is 60.2 Å². The van der Waals surface area contributed by atoms with Gasteiger partial charge in [-0.2, -0.15) is 0 Å². The molecule has 5 nitrogen and oxygen atoms in total. The van der Waals surface area contributed by atoms with Crippen LogP contribution in [0.25, 0.3) is 10.8 Å². The van der Waals surface area contributed by atoms with Gasteiger partial charge in [-0.15, -0.1) is 0 Å². The molecule has 0 saturated carbocycles. The summed E-state index contributed by atoms with van der Waals surface area (Å²) in [4.78, 5) is 14.8. The van der Waals surface area contributed by atoms with E-state index in [-0.39, 0.29) is 5.69 Å². The van der Waals surface area contributed by atoms with E-state index in [1.165, 1.54) is 17.5 Å². The van der Waals surface area contributed by atoms with E-state index in [4.69, 9.17) is 4.74 Å². The Labute approximate surface area is 195 Å². The average molecular weight is 540 g/mol. The van der Waals surface area contributed by atoms with Crippen molar-refractivity contribution < 1.29 is 9.66 Å². The van der Waals surface area contributed by atoms with Gasteiger partial charge in [0.25, 0.3) is 5.69 Å². The lowest BCUT2D eigenvalue weighted by atomic mass is 10.1. The van der Waals surface area contributed by atoms with Crippen LogP contribution in [0.4, 0.5) is 11.4 Å². The number of nitrogens with zero attached hydrogens (tertiary/aromatic N) is 2. The molecular formula is C24H16Br2N2O3. The van der Waals surface area contributed by atoms with Gasteiger partial charge in [-0.25, -0.2) is 0 Å². The fraction of sp³-hybridized carbons (Fsp3) is 0.0417. The van der Waals surface area contributed by atoms with Crippen LogP contribution < -0.4 is 4.74 Å². The summed E-state index contributed by atoms with van der Waals surface area (Å²) >= 11 is 7.09. The van der Waals surface area contributed by atoms with Crippen molar-refractivity contribution in [2.24, 2.45) is 4.99 Å². The topological polar surface area (TPSA) is 64.7 Å². The molecule has 31 heavy (non-hydrogen) atoms. The van der Waals surface area contributed by atoms with E-state index in [0.717, 1.165) is 25.5 Å². The fourth-order valence-electron chi connectivity index (χ4n) is 3.20. The highest BCUT2D eigenvalue weighted by molar-refractivity contribution is 9.11. The third kappa shape index (κ3) is 5.00. The first-order valence-corrected chi connectivity index (χ1v) is 11.0. The Balaban J connectivity index is 1.61. The number of fused-ring (bicyclic) bond motifs is 1. The van der Waals surface area contributed by atoms with E-state index in [0.29, 0.717) is 18.0 Å². The van der Waals surface area contributed by atoms with Crippen molar-refractivity contribution in [1.29, 1.82) is 0 Å². The Kier molecular flexibility index (Phi) is 6.44. The van der Waals surface area contributed by atoms with E-state index in [2.05, 4.69) is 61.1 Å². The Morgan fingerprint density at radius 1 is 0.968 bits per heavy atom. The molecule has 0 aromatic heterocycles. The number of aliphatic imine (C=N–C) groups is 1. The van der Waals surface area contributed by atoms with Crippen LogP contribution in [0.5, 0.6) is 5.75 Å². The summed E-state index contributed by atoms with van der Waals surface area (Å²) in [6.07, 6.45) is 1.69. The second-order valence-corrected chi connectivity index (χ2v) is 8.53. The maximum atomic E-state index is 10.8. The van der Waals surface area contributed by atoms with Gasteiger partial charge in [-0.05, 0) is 56.5 Å². The minimum absolute atomic E-state index is 0.0308. The van der Waals surface area contributed by atoms with Crippen LogP contribution in [-0.4, -0.2) is 11.1 Å². The molecule has 0 spiro atoms. The maximum absolute atomic E-state index is 10.8. The van der Waals surface area contributed by atoms with Gasteiger partial charge in [0.1, 0.15) is 12.4 Å². The molecule has 0 radical (unpaired) electrons. The largest absolute Gasteiger partial charge is 0.487 e. The SMILES string of the molecule is O=[N+]([O-])c1ccc(N=Cc2cc(Br)cc(Br)c2OCc2cccc3ccccc23)cc1. The van der Waals surface area contributed by atoms with Gasteiger partial charge in [0, 0.05) is 28.4 Å². The number of hydrogen-bond donors (Lipinski definition) is 0. The molecule has 154 valence electrons. The number of nitro benzene ring substituents is 1. The van der Waals surface area contributed by atoms with Crippen molar-refractivity contribution in [3.63, 3.8) is 0 Å². The predicted molar refractivity (Wildman–Crippen MR) is 130 cm³/mol. The first kappa shape index (κ1) is 21.2. The van der Waals surface area contributed by atoms with Crippen molar-refractivity contribution in [2.75, 3.05) is 0 Å². The van der Waals surface area contributed by atoms with Gasteiger partial charge >= 0.3 is 0 Å². The molecule has 0 N–H and O–H groups in total. The number of benzene rings is 4. The van der Waals surface area contributed by atoms with Gasteiger partial charge in [-0.3, -0.25) is 15.1 Å². The van der Waals surface area contributed by atoms with Crippen LogP contribution in [-0.2, 0) is 6.61 Å². The van der Waals surface area contributed by atoms with E-state index in [1.807, 2.05) is 30.3 Å². The third-order valence-corrected chi connectivity index (χ3v) is 5.75. The first-order chi connectivity index (χ1) is 15.0. The lowest BCUT2D eigenvalue weighted by Crippen LogP contribution is -2.00. The highest BCUT2D eigenvalue weighted by atomic mass is 79.9. The molecule has 0 unspecified atom stereocenters. The van der Waals surface area contributed by atoms with Crippen LogP contribution in [0, 0.1) is 10.1 Å². The molecule has 0 saturated heterocycles. The number of halogens is 2. The van der Waals surface area contributed by atoms with Gasteiger partial charge in [0.15, 0.2) is 0 Å². The molecule has 0 aliphatic heterocycles. The predicted octanol–water partition coefficient (Wildman–Crippen LogP) is 7.60. The number of nitro groups is 1. The summed E-state index contributed by atoms with van der Waals surface area (Å²) in [5, 5.41) is 13.1. The average Bonchev–Trinajstić information content (AvgIpc) is 2.77. The van der Waals surface area contributed by atoms with Crippen molar-refractivity contribution in [3.8, 4) is 5.75 Å². The summed E-state index contributed by atoms with van der Waals surface area (Å²) in [5.41, 5.74) is 2.51. The van der Waals surface area contributed by atoms with Gasteiger partial charge < -0.3 is 4.74 Å². The van der Waals surface area contributed by atoms with Crippen LogP contribution in [0.1, 0.15) is 11.1 Å². The van der Waals surface area contributed by atoms with Crippen molar-refractivity contribution in [3.05, 3.63) is 109 Å². The van der Waals surface area contributed by atoms with E-state index in [1.54, 1.807) is 18.3 Å². The van der Waals surface area contributed by atoms with Crippen LogP contribution >= 0.6 is 31.9 Å². The summed E-state index contributed by atoms with van der Waals surface area (Å²) in [7, 11) is 0. The Bertz CT molecular complexity index is 1280.